The van der Waals surface area contributed by atoms with E-state index in [1.807, 2.05) is 6.92 Å². The van der Waals surface area contributed by atoms with Crippen molar-refractivity contribution in [3.63, 3.8) is 0 Å². The number of nitro benzene ring substituents is 1. The molecule has 0 heterocycles. The van der Waals surface area contributed by atoms with Crippen LogP contribution in [0.15, 0.2) is 18.2 Å². The van der Waals surface area contributed by atoms with Crippen molar-refractivity contribution in [2.45, 2.75) is 26.2 Å². The van der Waals surface area contributed by atoms with Gasteiger partial charge in [-0.05, 0) is 31.2 Å². The molecule has 0 aromatic heterocycles. The molecule has 1 aliphatic rings. The second-order valence-corrected chi connectivity index (χ2v) is 5.27. The number of non-ortho nitro benzene ring substituents is 1. The molecule has 108 valence electrons. The van der Waals surface area contributed by atoms with Crippen LogP contribution in [-0.2, 0) is 4.79 Å². The van der Waals surface area contributed by atoms with E-state index in [0.29, 0.717) is 12.2 Å². The van der Waals surface area contributed by atoms with Crippen LogP contribution in [0.4, 0.5) is 11.4 Å². The number of nitro groups is 1. The summed E-state index contributed by atoms with van der Waals surface area (Å²) in [5.41, 5.74) is 1.66. The Bertz CT molecular complexity index is 530. The van der Waals surface area contributed by atoms with Crippen LogP contribution < -0.4 is 5.32 Å². The third-order valence-corrected chi connectivity index (χ3v) is 3.96. The van der Waals surface area contributed by atoms with Gasteiger partial charge in [0.2, 0.25) is 0 Å². The number of nitrogens with zero attached hydrogens (tertiary/aromatic N) is 1. The minimum atomic E-state index is -0.745. The standard InChI is InChI=1S/C14H18N2O4/c1-9-5-6-11(16(19)20)7-13(9)15-8-10-3-2-4-12(10)14(17)18/h5-7,10,12,15H,2-4,8H2,1H3,(H,17,18). The average molecular weight is 278 g/mol. The predicted molar refractivity (Wildman–Crippen MR) is 74.8 cm³/mol. The molecule has 6 heteroatoms. The topological polar surface area (TPSA) is 92.5 Å². The number of benzene rings is 1. The van der Waals surface area contributed by atoms with Gasteiger partial charge in [-0.15, -0.1) is 0 Å². The van der Waals surface area contributed by atoms with Gasteiger partial charge in [-0.2, -0.15) is 0 Å². The summed E-state index contributed by atoms with van der Waals surface area (Å²) < 4.78 is 0. The zero-order chi connectivity index (χ0) is 14.7. The van der Waals surface area contributed by atoms with Gasteiger partial charge in [-0.1, -0.05) is 12.5 Å². The second-order valence-electron chi connectivity index (χ2n) is 5.27. The zero-order valence-corrected chi connectivity index (χ0v) is 11.3. The van der Waals surface area contributed by atoms with Crippen molar-refractivity contribution in [3.8, 4) is 0 Å². The first kappa shape index (κ1) is 14.3. The van der Waals surface area contributed by atoms with Gasteiger partial charge in [0.25, 0.3) is 5.69 Å². The Labute approximate surface area is 117 Å². The van der Waals surface area contributed by atoms with E-state index >= 15 is 0 Å². The fourth-order valence-corrected chi connectivity index (χ4v) is 2.76. The molecule has 2 atom stereocenters. The van der Waals surface area contributed by atoms with Crippen molar-refractivity contribution in [2.75, 3.05) is 11.9 Å². The first-order chi connectivity index (χ1) is 9.49. The Morgan fingerprint density at radius 3 is 2.90 bits per heavy atom. The van der Waals surface area contributed by atoms with Crippen LogP contribution >= 0.6 is 0 Å². The van der Waals surface area contributed by atoms with Crippen molar-refractivity contribution in [2.24, 2.45) is 11.8 Å². The van der Waals surface area contributed by atoms with Gasteiger partial charge in [-0.3, -0.25) is 14.9 Å². The summed E-state index contributed by atoms with van der Waals surface area (Å²) in [6.45, 7) is 2.41. The molecule has 6 nitrogen and oxygen atoms in total. The monoisotopic (exact) mass is 278 g/mol. The molecule has 1 aromatic rings. The largest absolute Gasteiger partial charge is 0.481 e. The number of hydrogen-bond donors (Lipinski definition) is 2. The molecule has 2 N–H and O–H groups in total. The zero-order valence-electron chi connectivity index (χ0n) is 11.3. The molecule has 1 fully saturated rings. The summed E-state index contributed by atoms with van der Waals surface area (Å²) >= 11 is 0. The highest BCUT2D eigenvalue weighted by Gasteiger charge is 2.32. The average Bonchev–Trinajstić information content (AvgIpc) is 2.86. The van der Waals surface area contributed by atoms with Crippen LogP contribution in [-0.4, -0.2) is 22.5 Å². The van der Waals surface area contributed by atoms with E-state index in [1.54, 1.807) is 6.07 Å². The number of aliphatic carboxylic acids is 1. The Morgan fingerprint density at radius 2 is 2.25 bits per heavy atom. The SMILES string of the molecule is Cc1ccc([N+](=O)[O-])cc1NCC1CCCC1C(=O)O. The molecule has 20 heavy (non-hydrogen) atoms. The maximum Gasteiger partial charge on any atom is 0.306 e. The molecule has 0 amide bonds. The highest BCUT2D eigenvalue weighted by Crippen LogP contribution is 2.32. The quantitative estimate of drug-likeness (QED) is 0.638. The fourth-order valence-electron chi connectivity index (χ4n) is 2.76. The number of nitrogens with one attached hydrogen (secondary N) is 1. The summed E-state index contributed by atoms with van der Waals surface area (Å²) in [4.78, 5) is 21.5. The summed E-state index contributed by atoms with van der Waals surface area (Å²) in [5, 5.41) is 23.1. The van der Waals surface area contributed by atoms with E-state index in [-0.39, 0.29) is 17.5 Å². The normalized spacial score (nSPS) is 21.6. The molecule has 0 radical (unpaired) electrons. The Balaban J connectivity index is 2.05. The predicted octanol–water partition coefficient (Wildman–Crippen LogP) is 2.82. The highest BCUT2D eigenvalue weighted by molar-refractivity contribution is 5.71. The van der Waals surface area contributed by atoms with Gasteiger partial charge in [0.15, 0.2) is 0 Å². The Morgan fingerprint density at radius 1 is 1.50 bits per heavy atom. The first-order valence-corrected chi connectivity index (χ1v) is 6.70. The maximum atomic E-state index is 11.1. The summed E-state index contributed by atoms with van der Waals surface area (Å²) in [7, 11) is 0. The van der Waals surface area contributed by atoms with Crippen LogP contribution in [0.1, 0.15) is 24.8 Å². The van der Waals surface area contributed by atoms with Crippen molar-refractivity contribution in [1.82, 2.24) is 0 Å². The molecular formula is C14H18N2O4. The van der Waals surface area contributed by atoms with Gasteiger partial charge < -0.3 is 10.4 Å². The van der Waals surface area contributed by atoms with E-state index in [9.17, 15) is 14.9 Å². The molecule has 2 unspecified atom stereocenters. The molecule has 0 bridgehead atoms. The van der Waals surface area contributed by atoms with Crippen molar-refractivity contribution < 1.29 is 14.8 Å². The fraction of sp³-hybridized carbons (Fsp3) is 0.500. The van der Waals surface area contributed by atoms with Crippen molar-refractivity contribution in [1.29, 1.82) is 0 Å². The van der Waals surface area contributed by atoms with E-state index in [2.05, 4.69) is 5.32 Å². The van der Waals surface area contributed by atoms with Crippen LogP contribution in [0.2, 0.25) is 0 Å². The number of carboxylic acids is 1. The smallest absolute Gasteiger partial charge is 0.306 e. The van der Waals surface area contributed by atoms with E-state index in [0.717, 1.165) is 24.8 Å². The van der Waals surface area contributed by atoms with Crippen LogP contribution in [0, 0.1) is 28.9 Å². The van der Waals surface area contributed by atoms with Crippen LogP contribution in [0.25, 0.3) is 0 Å². The van der Waals surface area contributed by atoms with E-state index in [4.69, 9.17) is 5.11 Å². The third-order valence-electron chi connectivity index (χ3n) is 3.96. The molecule has 0 spiro atoms. The molecule has 0 saturated heterocycles. The lowest BCUT2D eigenvalue weighted by molar-refractivity contribution is -0.384. The Hall–Kier alpha value is -2.11. The number of hydrogen-bond acceptors (Lipinski definition) is 4. The molecule has 1 saturated carbocycles. The van der Waals surface area contributed by atoms with Gasteiger partial charge in [0.05, 0.1) is 10.8 Å². The summed E-state index contributed by atoms with van der Waals surface area (Å²) in [6, 6.07) is 4.67. The number of carboxylic acid groups (broad SMARTS) is 1. The molecular weight excluding hydrogens is 260 g/mol. The summed E-state index contributed by atoms with van der Waals surface area (Å²) in [5.74, 6) is -0.960. The second kappa shape index (κ2) is 5.90. The van der Waals surface area contributed by atoms with Crippen molar-refractivity contribution in [3.05, 3.63) is 33.9 Å². The number of carbonyl (C=O) groups is 1. The number of rotatable bonds is 5. The van der Waals surface area contributed by atoms with Crippen LogP contribution in [0.3, 0.4) is 0 Å². The highest BCUT2D eigenvalue weighted by atomic mass is 16.6. The van der Waals surface area contributed by atoms with Crippen molar-refractivity contribution >= 4 is 17.3 Å². The lowest BCUT2D eigenvalue weighted by Crippen LogP contribution is -2.24. The minimum Gasteiger partial charge on any atom is -0.481 e. The number of aryl methyl sites for hydroxylation is 1. The Kier molecular flexibility index (Phi) is 4.22. The van der Waals surface area contributed by atoms with E-state index < -0.39 is 10.9 Å². The molecule has 2 rings (SSSR count). The van der Waals surface area contributed by atoms with Gasteiger partial charge >= 0.3 is 5.97 Å². The third kappa shape index (κ3) is 3.07. The lowest BCUT2D eigenvalue weighted by atomic mass is 9.96. The van der Waals surface area contributed by atoms with Gasteiger partial charge in [0.1, 0.15) is 0 Å². The molecule has 1 aromatic carbocycles. The van der Waals surface area contributed by atoms with Gasteiger partial charge in [0, 0.05) is 24.4 Å². The minimum absolute atomic E-state index is 0.0410. The number of anilines is 1. The van der Waals surface area contributed by atoms with E-state index in [1.165, 1.54) is 12.1 Å². The van der Waals surface area contributed by atoms with Gasteiger partial charge in [-0.25, -0.2) is 0 Å². The maximum absolute atomic E-state index is 11.1. The summed E-state index contributed by atoms with van der Waals surface area (Å²) in [6.07, 6.45) is 2.53. The van der Waals surface area contributed by atoms with Crippen LogP contribution in [0.5, 0.6) is 0 Å². The molecule has 0 aliphatic heterocycles. The lowest BCUT2D eigenvalue weighted by Gasteiger charge is -2.18. The first-order valence-electron chi connectivity index (χ1n) is 6.70. The molecule has 1 aliphatic carbocycles.